The lowest BCUT2D eigenvalue weighted by Gasteiger charge is -2.09. The minimum absolute atomic E-state index is 0.154. The number of thiazole rings is 1. The van der Waals surface area contributed by atoms with Gasteiger partial charge in [-0.1, -0.05) is 40.8 Å². The maximum Gasteiger partial charge on any atom is 0.236 e. The molecular weight excluding hydrogens is 458 g/mol. The van der Waals surface area contributed by atoms with Crippen molar-refractivity contribution in [3.63, 3.8) is 0 Å². The molecule has 8 nitrogen and oxygen atoms in total. The highest BCUT2D eigenvalue weighted by atomic mass is 32.2. The molecule has 0 radical (unpaired) electrons. The van der Waals surface area contributed by atoms with Crippen LogP contribution in [0, 0.1) is 6.92 Å². The van der Waals surface area contributed by atoms with E-state index in [0.29, 0.717) is 21.9 Å². The molecule has 0 saturated carbocycles. The Morgan fingerprint density at radius 1 is 1.18 bits per heavy atom. The van der Waals surface area contributed by atoms with Crippen LogP contribution in [0.5, 0.6) is 5.75 Å². The summed E-state index contributed by atoms with van der Waals surface area (Å²) >= 11 is 2.70. The van der Waals surface area contributed by atoms with Gasteiger partial charge in [0.2, 0.25) is 11.7 Å². The first-order chi connectivity index (χ1) is 16.1. The Morgan fingerprint density at radius 2 is 2.03 bits per heavy atom. The molecule has 0 spiro atoms. The predicted octanol–water partition coefficient (Wildman–Crippen LogP) is 5.18. The third kappa shape index (κ3) is 4.48. The van der Waals surface area contributed by atoms with Crippen LogP contribution in [0.3, 0.4) is 0 Å². The molecular formula is C23H19N5O3S2. The van der Waals surface area contributed by atoms with Crippen molar-refractivity contribution in [1.82, 2.24) is 19.7 Å². The van der Waals surface area contributed by atoms with Crippen molar-refractivity contribution in [3.8, 4) is 23.0 Å². The van der Waals surface area contributed by atoms with Crippen LogP contribution in [-0.4, -0.2) is 38.5 Å². The van der Waals surface area contributed by atoms with E-state index >= 15 is 0 Å². The Labute approximate surface area is 197 Å². The number of hydrogen-bond acceptors (Lipinski definition) is 8. The lowest BCUT2D eigenvalue weighted by molar-refractivity contribution is -0.113. The van der Waals surface area contributed by atoms with Crippen molar-refractivity contribution in [2.75, 3.05) is 18.2 Å². The van der Waals surface area contributed by atoms with Crippen molar-refractivity contribution in [2.45, 2.75) is 12.1 Å². The summed E-state index contributed by atoms with van der Waals surface area (Å²) in [5.41, 5.74) is 2.85. The fraction of sp³-hybridized carbons (Fsp3) is 0.130. The van der Waals surface area contributed by atoms with Crippen LogP contribution in [0.4, 0.5) is 5.13 Å². The molecule has 1 N–H and O–H groups in total. The zero-order chi connectivity index (χ0) is 22.8. The first kappa shape index (κ1) is 21.2. The number of hydrogen-bond donors (Lipinski definition) is 1. The van der Waals surface area contributed by atoms with Gasteiger partial charge in [-0.15, -0.1) is 10.2 Å². The van der Waals surface area contributed by atoms with Gasteiger partial charge < -0.3 is 14.5 Å². The molecule has 5 aromatic rings. The number of nitrogens with one attached hydrogen (secondary N) is 1. The van der Waals surface area contributed by atoms with E-state index in [1.54, 1.807) is 19.4 Å². The molecule has 0 aliphatic carbocycles. The lowest BCUT2D eigenvalue weighted by Crippen LogP contribution is -2.14. The van der Waals surface area contributed by atoms with Crippen LogP contribution in [0.1, 0.15) is 5.56 Å². The Hall–Kier alpha value is -3.63. The van der Waals surface area contributed by atoms with E-state index in [-0.39, 0.29) is 11.7 Å². The maximum absolute atomic E-state index is 12.6. The molecule has 0 saturated heterocycles. The second-order valence-corrected chi connectivity index (χ2v) is 9.12. The average molecular weight is 478 g/mol. The first-order valence-corrected chi connectivity index (χ1v) is 11.8. The molecule has 0 unspecified atom stereocenters. The second kappa shape index (κ2) is 9.08. The fourth-order valence-electron chi connectivity index (χ4n) is 3.23. The number of ether oxygens (including phenoxy) is 1. The van der Waals surface area contributed by atoms with E-state index in [4.69, 9.17) is 9.15 Å². The Bertz CT molecular complexity index is 1410. The van der Waals surface area contributed by atoms with E-state index in [9.17, 15) is 4.79 Å². The van der Waals surface area contributed by atoms with E-state index in [1.807, 2.05) is 60.0 Å². The number of thioether (sulfide) groups is 1. The summed E-state index contributed by atoms with van der Waals surface area (Å²) in [6.07, 6.45) is 1.59. The number of anilines is 1. The summed E-state index contributed by atoms with van der Waals surface area (Å²) in [5, 5.41) is 12.6. The molecule has 3 aromatic heterocycles. The molecule has 5 rings (SSSR count). The SMILES string of the molecule is COc1ccc2nc(NC(=O)CSc3nnc(-c4ccco4)n3-c3ccc(C)cc3)sc2c1. The molecule has 166 valence electrons. The fourth-order valence-corrected chi connectivity index (χ4v) is 4.89. The molecule has 0 bridgehead atoms. The van der Waals surface area contributed by atoms with Gasteiger partial charge in [-0.05, 0) is 49.4 Å². The number of amides is 1. The number of aromatic nitrogens is 4. The van der Waals surface area contributed by atoms with Crippen molar-refractivity contribution >= 4 is 44.4 Å². The first-order valence-electron chi connectivity index (χ1n) is 10.0. The van der Waals surface area contributed by atoms with Crippen molar-refractivity contribution in [3.05, 3.63) is 66.4 Å². The Balaban J connectivity index is 1.35. The Kier molecular flexibility index (Phi) is 5.84. The van der Waals surface area contributed by atoms with Crippen molar-refractivity contribution < 1.29 is 13.9 Å². The highest BCUT2D eigenvalue weighted by Gasteiger charge is 2.19. The van der Waals surface area contributed by atoms with Crippen molar-refractivity contribution in [1.29, 1.82) is 0 Å². The van der Waals surface area contributed by atoms with Crippen LogP contribution in [0.25, 0.3) is 27.5 Å². The molecule has 3 heterocycles. The summed E-state index contributed by atoms with van der Waals surface area (Å²) in [5.74, 6) is 1.91. The normalized spacial score (nSPS) is 11.1. The van der Waals surface area contributed by atoms with Gasteiger partial charge in [-0.2, -0.15) is 0 Å². The third-order valence-corrected chi connectivity index (χ3v) is 6.70. The summed E-state index contributed by atoms with van der Waals surface area (Å²) in [6.45, 7) is 2.03. The van der Waals surface area contributed by atoms with E-state index in [1.165, 1.54) is 23.1 Å². The molecule has 0 atom stereocenters. The summed E-state index contributed by atoms with van der Waals surface area (Å²) in [7, 11) is 1.62. The average Bonchev–Trinajstić information content (AvgIpc) is 3.56. The van der Waals surface area contributed by atoms with Gasteiger partial charge >= 0.3 is 0 Å². The predicted molar refractivity (Wildman–Crippen MR) is 129 cm³/mol. The summed E-state index contributed by atoms with van der Waals surface area (Å²) in [6, 6.07) is 17.3. The quantitative estimate of drug-likeness (QED) is 0.323. The number of furan rings is 1. The van der Waals surface area contributed by atoms with Gasteiger partial charge in [0.1, 0.15) is 5.75 Å². The van der Waals surface area contributed by atoms with Crippen LogP contribution >= 0.6 is 23.1 Å². The van der Waals surface area contributed by atoms with Crippen molar-refractivity contribution in [2.24, 2.45) is 0 Å². The van der Waals surface area contributed by atoms with Gasteiger partial charge in [0.05, 0.1) is 29.3 Å². The van der Waals surface area contributed by atoms with Crippen LogP contribution in [0.15, 0.2) is 70.4 Å². The number of methoxy groups -OCH3 is 1. The summed E-state index contributed by atoms with van der Waals surface area (Å²) < 4.78 is 13.6. The van der Waals surface area contributed by atoms with Gasteiger partial charge in [0.15, 0.2) is 16.0 Å². The molecule has 10 heteroatoms. The molecule has 1 amide bonds. The second-order valence-electron chi connectivity index (χ2n) is 7.14. The standard InChI is InChI=1S/C23H19N5O3S2/c1-14-5-7-15(8-6-14)28-21(18-4-3-11-31-18)26-27-23(28)32-13-20(29)25-22-24-17-10-9-16(30-2)12-19(17)33-22/h3-12H,13H2,1-2H3,(H,24,25,29). The van der Waals surface area contributed by atoms with Gasteiger partial charge in [0, 0.05) is 5.69 Å². The molecule has 0 fully saturated rings. The Morgan fingerprint density at radius 3 is 2.79 bits per heavy atom. The van der Waals surface area contributed by atoms with Crippen LogP contribution < -0.4 is 10.1 Å². The smallest absolute Gasteiger partial charge is 0.236 e. The van der Waals surface area contributed by atoms with E-state index < -0.39 is 0 Å². The number of aryl methyl sites for hydroxylation is 1. The lowest BCUT2D eigenvalue weighted by atomic mass is 10.2. The van der Waals surface area contributed by atoms with Gasteiger partial charge in [-0.25, -0.2) is 4.98 Å². The molecule has 0 aliphatic rings. The van der Waals surface area contributed by atoms with Crippen LogP contribution in [0.2, 0.25) is 0 Å². The maximum atomic E-state index is 12.6. The molecule has 0 aliphatic heterocycles. The van der Waals surface area contributed by atoms with Gasteiger partial charge in [-0.3, -0.25) is 9.36 Å². The third-order valence-electron chi connectivity index (χ3n) is 4.84. The number of carbonyl (C=O) groups is 1. The number of rotatable bonds is 7. The zero-order valence-electron chi connectivity index (χ0n) is 17.8. The number of fused-ring (bicyclic) bond motifs is 1. The zero-order valence-corrected chi connectivity index (χ0v) is 19.4. The molecule has 33 heavy (non-hydrogen) atoms. The monoisotopic (exact) mass is 477 g/mol. The largest absolute Gasteiger partial charge is 0.497 e. The summed E-state index contributed by atoms with van der Waals surface area (Å²) in [4.78, 5) is 17.1. The minimum atomic E-state index is -0.177. The van der Waals surface area contributed by atoms with Crippen LogP contribution in [-0.2, 0) is 4.79 Å². The number of carbonyl (C=O) groups excluding carboxylic acids is 1. The van der Waals surface area contributed by atoms with E-state index in [0.717, 1.165) is 27.2 Å². The number of benzene rings is 2. The number of nitrogens with zero attached hydrogens (tertiary/aromatic N) is 4. The van der Waals surface area contributed by atoms with Gasteiger partial charge in [0.25, 0.3) is 0 Å². The topological polar surface area (TPSA) is 95.1 Å². The molecule has 2 aromatic carbocycles. The minimum Gasteiger partial charge on any atom is -0.497 e. The highest BCUT2D eigenvalue weighted by molar-refractivity contribution is 7.99. The van der Waals surface area contributed by atoms with E-state index in [2.05, 4.69) is 20.5 Å². The highest BCUT2D eigenvalue weighted by Crippen LogP contribution is 2.31.